The van der Waals surface area contributed by atoms with Crippen LogP contribution in [0.5, 0.6) is 5.75 Å². The zero-order valence-corrected chi connectivity index (χ0v) is 12.8. The molecule has 3 rings (SSSR count). The molecule has 1 aliphatic rings. The van der Waals surface area contributed by atoms with Gasteiger partial charge in [-0.1, -0.05) is 24.3 Å². The number of fused-ring (bicyclic) bond motifs is 1. The molecule has 0 spiro atoms. The van der Waals surface area contributed by atoms with Gasteiger partial charge in [-0.15, -0.1) is 0 Å². The van der Waals surface area contributed by atoms with Crippen molar-refractivity contribution in [3.63, 3.8) is 0 Å². The van der Waals surface area contributed by atoms with Gasteiger partial charge in [0.1, 0.15) is 5.75 Å². The molecule has 108 valence electrons. The molecule has 2 heteroatoms. The van der Waals surface area contributed by atoms with Crippen LogP contribution >= 0.6 is 0 Å². The zero-order valence-electron chi connectivity index (χ0n) is 12.8. The third kappa shape index (κ3) is 2.46. The topological polar surface area (TPSA) is 26.3 Å². The third-order valence-corrected chi connectivity index (χ3v) is 4.37. The highest BCUT2D eigenvalue weighted by atomic mass is 16.5. The highest BCUT2D eigenvalue weighted by Gasteiger charge is 2.28. The van der Waals surface area contributed by atoms with E-state index >= 15 is 0 Å². The predicted molar refractivity (Wildman–Crippen MR) is 84.1 cm³/mol. The molecule has 0 unspecified atom stereocenters. The molecule has 1 aliphatic carbocycles. The summed E-state index contributed by atoms with van der Waals surface area (Å²) >= 11 is 0. The number of rotatable bonds is 3. The molecule has 0 saturated carbocycles. The van der Waals surface area contributed by atoms with Crippen LogP contribution in [0.2, 0.25) is 0 Å². The Morgan fingerprint density at radius 3 is 2.05 bits per heavy atom. The molecule has 0 fully saturated rings. The first kappa shape index (κ1) is 13.9. The second-order valence-electron chi connectivity index (χ2n) is 5.88. The average Bonchev–Trinajstić information content (AvgIpc) is 2.90. The molecule has 0 saturated heterocycles. The van der Waals surface area contributed by atoms with Crippen LogP contribution in [0.4, 0.5) is 0 Å². The molecule has 0 heterocycles. The largest absolute Gasteiger partial charge is 0.496 e. The molecule has 2 nitrogen and oxygen atoms in total. The van der Waals surface area contributed by atoms with Gasteiger partial charge in [-0.05, 0) is 61.1 Å². The average molecular weight is 280 g/mol. The lowest BCUT2D eigenvalue weighted by Gasteiger charge is -2.13. The van der Waals surface area contributed by atoms with Crippen LogP contribution in [0.1, 0.15) is 32.6 Å². The van der Waals surface area contributed by atoms with Gasteiger partial charge in [-0.25, -0.2) is 0 Å². The van der Waals surface area contributed by atoms with Gasteiger partial charge in [0.2, 0.25) is 0 Å². The molecule has 0 aromatic heterocycles. The number of aryl methyl sites for hydroxylation is 2. The summed E-state index contributed by atoms with van der Waals surface area (Å²) in [6.45, 7) is 3.98. The Bertz CT molecular complexity index is 652. The molecule has 21 heavy (non-hydrogen) atoms. The fraction of sp³-hybridized carbons (Fsp3) is 0.316. The smallest absolute Gasteiger partial charge is 0.166 e. The van der Waals surface area contributed by atoms with Gasteiger partial charge in [-0.3, -0.25) is 4.79 Å². The predicted octanol–water partition coefficient (Wildman–Crippen LogP) is 3.91. The van der Waals surface area contributed by atoms with Crippen LogP contribution in [0.3, 0.4) is 0 Å². The first-order valence-electron chi connectivity index (χ1n) is 7.36. The zero-order chi connectivity index (χ0) is 15.0. The van der Waals surface area contributed by atoms with Gasteiger partial charge in [0.25, 0.3) is 0 Å². The second-order valence-corrected chi connectivity index (χ2v) is 5.88. The number of methoxy groups -OCH3 is 1. The molecule has 0 radical (unpaired) electrons. The van der Waals surface area contributed by atoms with Gasteiger partial charge in [-0.2, -0.15) is 0 Å². The van der Waals surface area contributed by atoms with Crippen molar-refractivity contribution in [3.05, 3.63) is 64.2 Å². The van der Waals surface area contributed by atoms with Gasteiger partial charge < -0.3 is 4.74 Å². The molecule has 0 bridgehead atoms. The second kappa shape index (κ2) is 5.36. The fourth-order valence-corrected chi connectivity index (χ4v) is 3.39. The Morgan fingerprint density at radius 2 is 1.57 bits per heavy atom. The monoisotopic (exact) mass is 280 g/mol. The van der Waals surface area contributed by atoms with Crippen LogP contribution in [0.25, 0.3) is 0 Å². The molecule has 0 N–H and O–H groups in total. The van der Waals surface area contributed by atoms with E-state index in [0.29, 0.717) is 0 Å². The number of carbonyl (C=O) groups is 1. The van der Waals surface area contributed by atoms with Crippen molar-refractivity contribution >= 4 is 5.78 Å². The van der Waals surface area contributed by atoms with E-state index in [1.807, 2.05) is 38.1 Å². The van der Waals surface area contributed by atoms with Crippen molar-refractivity contribution in [2.45, 2.75) is 26.7 Å². The summed E-state index contributed by atoms with van der Waals surface area (Å²) in [5.74, 6) is 1.20. The number of hydrogen-bond donors (Lipinski definition) is 0. The lowest BCUT2D eigenvalue weighted by Crippen LogP contribution is -2.15. The van der Waals surface area contributed by atoms with E-state index in [2.05, 4.69) is 12.1 Å². The van der Waals surface area contributed by atoms with E-state index in [9.17, 15) is 4.79 Å². The standard InChI is InChI=1S/C19H20O2/c1-12-8-16(9-13(2)19(12)21-3)18(20)17-10-14-6-4-5-7-15(14)11-17/h4-9,17H,10-11H2,1-3H3. The Labute approximate surface area is 125 Å². The summed E-state index contributed by atoms with van der Waals surface area (Å²) < 4.78 is 5.38. The molecule has 0 aliphatic heterocycles. The molecular formula is C19H20O2. The van der Waals surface area contributed by atoms with Crippen molar-refractivity contribution < 1.29 is 9.53 Å². The molecule has 0 atom stereocenters. The molecular weight excluding hydrogens is 260 g/mol. The normalized spacial score (nSPS) is 14.0. The summed E-state index contributed by atoms with van der Waals surface area (Å²) in [7, 11) is 1.67. The maximum atomic E-state index is 12.8. The van der Waals surface area contributed by atoms with Gasteiger partial charge >= 0.3 is 0 Å². The van der Waals surface area contributed by atoms with Crippen LogP contribution in [-0.4, -0.2) is 12.9 Å². The van der Waals surface area contributed by atoms with E-state index in [1.165, 1.54) is 11.1 Å². The van der Waals surface area contributed by atoms with Crippen LogP contribution in [0, 0.1) is 19.8 Å². The van der Waals surface area contributed by atoms with Crippen molar-refractivity contribution in [2.24, 2.45) is 5.92 Å². The Balaban J connectivity index is 1.88. The van der Waals surface area contributed by atoms with Crippen molar-refractivity contribution in [1.82, 2.24) is 0 Å². The van der Waals surface area contributed by atoms with E-state index in [-0.39, 0.29) is 11.7 Å². The number of benzene rings is 2. The minimum atomic E-state index is 0.0783. The number of ether oxygens (including phenoxy) is 1. The summed E-state index contributed by atoms with van der Waals surface area (Å²) in [6, 6.07) is 12.3. The third-order valence-electron chi connectivity index (χ3n) is 4.37. The lowest BCUT2D eigenvalue weighted by molar-refractivity contribution is 0.0924. The van der Waals surface area contributed by atoms with Crippen molar-refractivity contribution in [3.8, 4) is 5.75 Å². The minimum Gasteiger partial charge on any atom is -0.496 e. The molecule has 2 aromatic rings. The summed E-state index contributed by atoms with van der Waals surface area (Å²) in [6.07, 6.45) is 1.72. The Kier molecular flexibility index (Phi) is 3.54. The quantitative estimate of drug-likeness (QED) is 0.797. The van der Waals surface area contributed by atoms with Crippen molar-refractivity contribution in [1.29, 1.82) is 0 Å². The summed E-state index contributed by atoms with van der Waals surface area (Å²) in [5.41, 5.74) is 5.49. The summed E-state index contributed by atoms with van der Waals surface area (Å²) in [5, 5.41) is 0. The van der Waals surface area contributed by atoms with E-state index < -0.39 is 0 Å². The van der Waals surface area contributed by atoms with Gasteiger partial charge in [0.05, 0.1) is 7.11 Å². The van der Waals surface area contributed by atoms with E-state index in [4.69, 9.17) is 4.74 Å². The van der Waals surface area contributed by atoms with E-state index in [1.54, 1.807) is 7.11 Å². The van der Waals surface area contributed by atoms with Crippen LogP contribution in [0.15, 0.2) is 36.4 Å². The Hall–Kier alpha value is -2.09. The maximum absolute atomic E-state index is 12.8. The SMILES string of the molecule is COc1c(C)cc(C(=O)C2Cc3ccccc3C2)cc1C. The summed E-state index contributed by atoms with van der Waals surface area (Å²) in [4.78, 5) is 12.8. The fourth-order valence-electron chi connectivity index (χ4n) is 3.39. The van der Waals surface area contributed by atoms with Crippen LogP contribution in [-0.2, 0) is 12.8 Å². The minimum absolute atomic E-state index is 0.0783. The lowest BCUT2D eigenvalue weighted by atomic mass is 9.92. The molecule has 2 aromatic carbocycles. The molecule has 0 amide bonds. The van der Waals surface area contributed by atoms with Gasteiger partial charge in [0, 0.05) is 11.5 Å². The van der Waals surface area contributed by atoms with Gasteiger partial charge in [0.15, 0.2) is 5.78 Å². The highest BCUT2D eigenvalue weighted by Crippen LogP contribution is 2.31. The van der Waals surface area contributed by atoms with Crippen molar-refractivity contribution in [2.75, 3.05) is 7.11 Å². The van der Waals surface area contributed by atoms with Crippen LogP contribution < -0.4 is 4.74 Å². The number of carbonyl (C=O) groups excluding carboxylic acids is 1. The number of hydrogen-bond acceptors (Lipinski definition) is 2. The van der Waals surface area contributed by atoms with E-state index in [0.717, 1.165) is 35.3 Å². The Morgan fingerprint density at radius 1 is 1.05 bits per heavy atom. The highest BCUT2D eigenvalue weighted by molar-refractivity contribution is 5.99. The maximum Gasteiger partial charge on any atom is 0.166 e. The first-order chi connectivity index (χ1) is 10.1. The number of ketones is 1. The number of Topliss-reactive ketones (excluding diaryl/α,β-unsaturated/α-hetero) is 1. The first-order valence-corrected chi connectivity index (χ1v) is 7.36.